The van der Waals surface area contributed by atoms with Crippen molar-refractivity contribution in [1.82, 2.24) is 0 Å². The lowest BCUT2D eigenvalue weighted by Crippen LogP contribution is -2.21. The van der Waals surface area contributed by atoms with Gasteiger partial charge in [0.2, 0.25) is 0 Å². The second-order valence-corrected chi connectivity index (χ2v) is 18.1. The van der Waals surface area contributed by atoms with Crippen LogP contribution in [-0.2, 0) is 16.2 Å². The highest BCUT2D eigenvalue weighted by Gasteiger charge is 2.41. The normalized spacial score (nSPS) is 15.5. The summed E-state index contributed by atoms with van der Waals surface area (Å²) in [6.07, 6.45) is 0. The zero-order chi connectivity index (χ0) is 39.6. The third kappa shape index (κ3) is 4.71. The second-order valence-electron chi connectivity index (χ2n) is 18.1. The highest BCUT2D eigenvalue weighted by Crippen LogP contribution is 2.58. The Labute approximate surface area is 343 Å². The van der Waals surface area contributed by atoms with Crippen LogP contribution in [0.5, 0.6) is 0 Å². The average molecular weight is 746 g/mol. The van der Waals surface area contributed by atoms with Crippen LogP contribution in [0, 0.1) is 0 Å². The van der Waals surface area contributed by atoms with E-state index in [0.717, 1.165) is 0 Å². The number of benzene rings is 8. The Morgan fingerprint density at radius 2 is 0.655 bits per heavy atom. The molecule has 1 nitrogen and oxygen atoms in total. The highest BCUT2D eigenvalue weighted by atomic mass is 15.2. The van der Waals surface area contributed by atoms with Gasteiger partial charge < -0.3 is 4.90 Å². The molecule has 11 rings (SSSR count). The minimum atomic E-state index is -0.217. The Hall–Kier alpha value is -6.44. The molecule has 3 aliphatic carbocycles. The fourth-order valence-electron chi connectivity index (χ4n) is 11.1. The first kappa shape index (κ1) is 34.8. The average Bonchev–Trinajstić information content (AvgIpc) is 3.74. The molecule has 0 unspecified atom stereocenters. The first-order valence-electron chi connectivity index (χ1n) is 20.8. The van der Waals surface area contributed by atoms with Crippen LogP contribution in [0.1, 0.15) is 74.9 Å². The summed E-state index contributed by atoms with van der Waals surface area (Å²) in [7, 11) is 0. The molecule has 58 heavy (non-hydrogen) atoms. The number of nitrogens with zero attached hydrogens (tertiary/aromatic N) is 1. The van der Waals surface area contributed by atoms with Gasteiger partial charge in [-0.15, -0.1) is 0 Å². The highest BCUT2D eigenvalue weighted by molar-refractivity contribution is 6.00. The van der Waals surface area contributed by atoms with Crippen molar-refractivity contribution in [2.75, 3.05) is 4.90 Å². The largest absolute Gasteiger partial charge is 0.309 e. The topological polar surface area (TPSA) is 3.24 Å². The molecule has 8 aromatic carbocycles. The molecule has 0 saturated carbocycles. The Bertz CT molecular complexity index is 2990. The van der Waals surface area contributed by atoms with Gasteiger partial charge in [-0.2, -0.15) is 0 Å². The van der Waals surface area contributed by atoms with Crippen molar-refractivity contribution in [3.05, 3.63) is 209 Å². The van der Waals surface area contributed by atoms with Crippen LogP contribution in [0.3, 0.4) is 0 Å². The standard InChI is InChI=1S/C57H47N/c1-55(2)46-27-12-7-20-38(46)41-34-33-36(35-49(41)55)37-19-10-15-30-50(37)58(52-32-18-26-44-40-22-9-14-29-48(40)57(5,6)54(44)52)51-31-16-11-23-42(51)45-25-17-24-43-39-21-8-13-28-47(39)56(3,4)53(43)45/h7-35H,1-6H3. The molecule has 1 heteroatoms. The predicted molar refractivity (Wildman–Crippen MR) is 245 cm³/mol. The van der Waals surface area contributed by atoms with E-state index < -0.39 is 0 Å². The van der Waals surface area contributed by atoms with Gasteiger partial charge in [0.1, 0.15) is 0 Å². The zero-order valence-corrected chi connectivity index (χ0v) is 34.2. The van der Waals surface area contributed by atoms with Gasteiger partial charge in [-0.05, 0) is 102 Å². The molecule has 0 N–H and O–H groups in total. The molecule has 0 bridgehead atoms. The molecule has 0 radical (unpaired) electrons. The monoisotopic (exact) mass is 745 g/mol. The van der Waals surface area contributed by atoms with E-state index in [4.69, 9.17) is 0 Å². The summed E-state index contributed by atoms with van der Waals surface area (Å²) in [5, 5.41) is 0. The summed E-state index contributed by atoms with van der Waals surface area (Å²) in [4.78, 5) is 2.60. The van der Waals surface area contributed by atoms with E-state index in [-0.39, 0.29) is 16.2 Å². The molecule has 0 heterocycles. The molecule has 0 aliphatic heterocycles. The lowest BCUT2D eigenvalue weighted by molar-refractivity contribution is 0.660. The number of anilines is 3. The first-order valence-corrected chi connectivity index (χ1v) is 20.8. The van der Waals surface area contributed by atoms with Gasteiger partial charge >= 0.3 is 0 Å². The fraction of sp³-hybridized carbons (Fsp3) is 0.158. The molecule has 280 valence electrons. The van der Waals surface area contributed by atoms with Crippen LogP contribution < -0.4 is 4.90 Å². The molecule has 8 aromatic rings. The Morgan fingerprint density at radius 3 is 1.28 bits per heavy atom. The summed E-state index contributed by atoms with van der Waals surface area (Å²) in [6, 6.07) is 66.2. The molecular weight excluding hydrogens is 699 g/mol. The van der Waals surface area contributed by atoms with Crippen molar-refractivity contribution in [3.8, 4) is 55.6 Å². The number of para-hydroxylation sites is 2. The van der Waals surface area contributed by atoms with Gasteiger partial charge in [0.05, 0.1) is 17.1 Å². The van der Waals surface area contributed by atoms with Crippen molar-refractivity contribution >= 4 is 17.1 Å². The third-order valence-electron chi connectivity index (χ3n) is 13.9. The number of hydrogen-bond acceptors (Lipinski definition) is 1. The SMILES string of the molecule is CC1(C)c2ccccc2-c2ccc(-c3ccccc3N(c3ccccc3-c3cccc4c3C(C)(C)c3ccccc3-4)c3cccc4c3C(C)(C)c3ccccc3-4)cc21. The smallest absolute Gasteiger partial charge is 0.0540 e. The van der Waals surface area contributed by atoms with Crippen molar-refractivity contribution < 1.29 is 0 Å². The molecule has 0 aromatic heterocycles. The quantitative estimate of drug-likeness (QED) is 0.170. The van der Waals surface area contributed by atoms with Crippen molar-refractivity contribution in [1.29, 1.82) is 0 Å². The lowest BCUT2D eigenvalue weighted by atomic mass is 9.78. The maximum atomic E-state index is 2.60. The second kappa shape index (κ2) is 12.3. The van der Waals surface area contributed by atoms with E-state index >= 15 is 0 Å². The Morgan fingerprint density at radius 1 is 0.276 bits per heavy atom. The molecular formula is C57H47N. The summed E-state index contributed by atoms with van der Waals surface area (Å²) in [5.41, 5.74) is 24.3. The minimum Gasteiger partial charge on any atom is -0.309 e. The molecule has 0 amide bonds. The molecule has 0 atom stereocenters. The van der Waals surface area contributed by atoms with Crippen LogP contribution in [0.4, 0.5) is 17.1 Å². The van der Waals surface area contributed by atoms with Crippen LogP contribution in [0.15, 0.2) is 176 Å². The van der Waals surface area contributed by atoms with E-state index in [1.807, 2.05) is 0 Å². The van der Waals surface area contributed by atoms with E-state index in [2.05, 4.69) is 222 Å². The van der Waals surface area contributed by atoms with Crippen LogP contribution >= 0.6 is 0 Å². The summed E-state index contributed by atoms with van der Waals surface area (Å²) >= 11 is 0. The lowest BCUT2D eigenvalue weighted by Gasteiger charge is -2.35. The van der Waals surface area contributed by atoms with Gasteiger partial charge in [-0.1, -0.05) is 193 Å². The summed E-state index contributed by atoms with van der Waals surface area (Å²) < 4.78 is 0. The van der Waals surface area contributed by atoms with Gasteiger partial charge in [0, 0.05) is 27.4 Å². The number of rotatable bonds is 5. The fourth-order valence-corrected chi connectivity index (χ4v) is 11.1. The summed E-state index contributed by atoms with van der Waals surface area (Å²) in [6.45, 7) is 14.4. The van der Waals surface area contributed by atoms with Crippen LogP contribution in [0.25, 0.3) is 55.6 Å². The van der Waals surface area contributed by atoms with E-state index in [1.165, 1.54) is 106 Å². The Balaban J connectivity index is 1.18. The van der Waals surface area contributed by atoms with Crippen LogP contribution in [0.2, 0.25) is 0 Å². The number of hydrogen-bond donors (Lipinski definition) is 0. The maximum absolute atomic E-state index is 2.60. The van der Waals surface area contributed by atoms with E-state index in [0.29, 0.717) is 0 Å². The Kier molecular flexibility index (Phi) is 7.36. The number of fused-ring (bicyclic) bond motifs is 9. The van der Waals surface area contributed by atoms with Gasteiger partial charge in [-0.25, -0.2) is 0 Å². The van der Waals surface area contributed by atoms with E-state index in [9.17, 15) is 0 Å². The van der Waals surface area contributed by atoms with Crippen molar-refractivity contribution in [2.45, 2.75) is 57.8 Å². The van der Waals surface area contributed by atoms with Crippen molar-refractivity contribution in [2.24, 2.45) is 0 Å². The molecule has 0 spiro atoms. The van der Waals surface area contributed by atoms with Gasteiger partial charge in [0.15, 0.2) is 0 Å². The van der Waals surface area contributed by atoms with Crippen LogP contribution in [-0.4, -0.2) is 0 Å². The molecule has 0 fully saturated rings. The zero-order valence-electron chi connectivity index (χ0n) is 34.2. The predicted octanol–water partition coefficient (Wildman–Crippen LogP) is 15.4. The maximum Gasteiger partial charge on any atom is 0.0540 e. The first-order chi connectivity index (χ1) is 28.1. The molecule has 3 aliphatic rings. The van der Waals surface area contributed by atoms with E-state index in [1.54, 1.807) is 0 Å². The third-order valence-corrected chi connectivity index (χ3v) is 13.9. The van der Waals surface area contributed by atoms with Gasteiger partial charge in [-0.3, -0.25) is 0 Å². The van der Waals surface area contributed by atoms with Gasteiger partial charge in [0.25, 0.3) is 0 Å². The summed E-state index contributed by atoms with van der Waals surface area (Å²) in [5.74, 6) is 0. The minimum absolute atomic E-state index is 0.0999. The molecule has 0 saturated heterocycles. The van der Waals surface area contributed by atoms with Crippen molar-refractivity contribution in [3.63, 3.8) is 0 Å².